The summed E-state index contributed by atoms with van der Waals surface area (Å²) in [6.45, 7) is 1.92. The second-order valence-electron chi connectivity index (χ2n) is 5.75. The molecule has 1 amide bonds. The van der Waals surface area contributed by atoms with Crippen molar-refractivity contribution < 1.29 is 4.79 Å². The fourth-order valence-electron chi connectivity index (χ4n) is 2.91. The van der Waals surface area contributed by atoms with Gasteiger partial charge in [-0.3, -0.25) is 4.79 Å². The minimum Gasteiger partial charge on any atom is -0.399 e. The number of hydrogen-bond donors (Lipinski definition) is 2. The van der Waals surface area contributed by atoms with Crippen molar-refractivity contribution in [1.82, 2.24) is 5.32 Å². The normalized spacial score (nSPS) is 17.1. The summed E-state index contributed by atoms with van der Waals surface area (Å²) in [5.41, 5.74) is 10.9. The van der Waals surface area contributed by atoms with Gasteiger partial charge in [0.1, 0.15) is 0 Å². The molecule has 3 N–H and O–H groups in total. The van der Waals surface area contributed by atoms with Crippen LogP contribution in [0.1, 0.15) is 33.5 Å². The van der Waals surface area contributed by atoms with E-state index in [-0.39, 0.29) is 11.9 Å². The molecule has 0 aromatic heterocycles. The molecule has 0 saturated heterocycles. The third-order valence-corrected chi connectivity index (χ3v) is 4.21. The third kappa shape index (κ3) is 2.92. The number of rotatable bonds is 2. The van der Waals surface area contributed by atoms with Crippen LogP contribution >= 0.6 is 0 Å². The molecule has 0 saturated carbocycles. The number of aryl methyl sites for hydroxylation is 2. The highest BCUT2D eigenvalue weighted by Gasteiger charge is 2.20. The van der Waals surface area contributed by atoms with Gasteiger partial charge in [-0.1, -0.05) is 24.3 Å². The molecule has 108 valence electrons. The van der Waals surface area contributed by atoms with Gasteiger partial charge in [-0.05, 0) is 61.1 Å². The van der Waals surface area contributed by atoms with E-state index >= 15 is 0 Å². The molecule has 0 radical (unpaired) electrons. The zero-order valence-electron chi connectivity index (χ0n) is 12.2. The molecule has 2 aromatic carbocycles. The van der Waals surface area contributed by atoms with Crippen molar-refractivity contribution in [2.45, 2.75) is 32.2 Å². The topological polar surface area (TPSA) is 55.1 Å². The first-order valence-corrected chi connectivity index (χ1v) is 7.37. The number of anilines is 1. The number of nitrogens with one attached hydrogen (secondary N) is 1. The Kier molecular flexibility index (Phi) is 3.65. The SMILES string of the molecule is Cc1cc(C(=O)NC2CCc3ccccc3C2)ccc1N. The Morgan fingerprint density at radius 1 is 1.19 bits per heavy atom. The molecule has 0 heterocycles. The molecular weight excluding hydrogens is 260 g/mol. The minimum absolute atomic E-state index is 0.0116. The van der Waals surface area contributed by atoms with E-state index in [0.29, 0.717) is 5.56 Å². The fraction of sp³-hybridized carbons (Fsp3) is 0.278. The molecule has 0 spiro atoms. The lowest BCUT2D eigenvalue weighted by molar-refractivity contribution is 0.0933. The van der Waals surface area contributed by atoms with Gasteiger partial charge in [-0.15, -0.1) is 0 Å². The maximum atomic E-state index is 12.3. The van der Waals surface area contributed by atoms with Gasteiger partial charge in [0.25, 0.3) is 5.91 Å². The Balaban J connectivity index is 1.70. The van der Waals surface area contributed by atoms with Crippen molar-refractivity contribution in [3.05, 3.63) is 64.7 Å². The van der Waals surface area contributed by atoms with E-state index in [1.807, 2.05) is 13.0 Å². The molecule has 21 heavy (non-hydrogen) atoms. The van der Waals surface area contributed by atoms with E-state index < -0.39 is 0 Å². The first kappa shape index (κ1) is 13.7. The monoisotopic (exact) mass is 280 g/mol. The second kappa shape index (κ2) is 5.60. The molecule has 0 aliphatic heterocycles. The number of carbonyl (C=O) groups excluding carboxylic acids is 1. The van der Waals surface area contributed by atoms with Gasteiger partial charge in [-0.2, -0.15) is 0 Å². The number of nitrogens with two attached hydrogens (primary N) is 1. The largest absolute Gasteiger partial charge is 0.399 e. The lowest BCUT2D eigenvalue weighted by atomic mass is 9.88. The van der Waals surface area contributed by atoms with Gasteiger partial charge in [0.2, 0.25) is 0 Å². The van der Waals surface area contributed by atoms with Crippen LogP contribution in [0.15, 0.2) is 42.5 Å². The maximum Gasteiger partial charge on any atom is 0.251 e. The quantitative estimate of drug-likeness (QED) is 0.831. The minimum atomic E-state index is -0.0116. The van der Waals surface area contributed by atoms with Crippen molar-refractivity contribution in [3.63, 3.8) is 0 Å². The zero-order valence-corrected chi connectivity index (χ0v) is 12.2. The average molecular weight is 280 g/mol. The van der Waals surface area contributed by atoms with Crippen LogP contribution in [0.5, 0.6) is 0 Å². The number of nitrogen functional groups attached to an aromatic ring is 1. The highest BCUT2D eigenvalue weighted by molar-refractivity contribution is 5.95. The van der Waals surface area contributed by atoms with Gasteiger partial charge in [0.15, 0.2) is 0 Å². The molecule has 3 nitrogen and oxygen atoms in total. The predicted molar refractivity (Wildman–Crippen MR) is 85.3 cm³/mol. The third-order valence-electron chi connectivity index (χ3n) is 4.21. The molecule has 3 rings (SSSR count). The van der Waals surface area contributed by atoms with Crippen LogP contribution in [0.4, 0.5) is 5.69 Å². The molecule has 0 fully saturated rings. The van der Waals surface area contributed by atoms with Crippen LogP contribution in [-0.4, -0.2) is 11.9 Å². The maximum absolute atomic E-state index is 12.3. The summed E-state index contributed by atoms with van der Waals surface area (Å²) in [6, 6.07) is 14.1. The van der Waals surface area contributed by atoms with Gasteiger partial charge in [0, 0.05) is 17.3 Å². The lowest BCUT2D eigenvalue weighted by Gasteiger charge is -2.25. The van der Waals surface area contributed by atoms with Crippen LogP contribution in [0.2, 0.25) is 0 Å². The second-order valence-corrected chi connectivity index (χ2v) is 5.75. The molecule has 0 bridgehead atoms. The van der Waals surface area contributed by atoms with Gasteiger partial charge < -0.3 is 11.1 Å². The molecular formula is C18H20N2O. The fourth-order valence-corrected chi connectivity index (χ4v) is 2.91. The zero-order chi connectivity index (χ0) is 14.8. The van der Waals surface area contributed by atoms with Crippen molar-refractivity contribution in [1.29, 1.82) is 0 Å². The summed E-state index contributed by atoms with van der Waals surface area (Å²) in [5, 5.41) is 3.14. The predicted octanol–water partition coefficient (Wildman–Crippen LogP) is 2.86. The molecule has 1 aliphatic rings. The van der Waals surface area contributed by atoms with Crippen LogP contribution < -0.4 is 11.1 Å². The standard InChI is InChI=1S/C18H20N2O/c1-12-10-15(7-9-17(12)19)18(21)20-16-8-6-13-4-2-3-5-14(13)11-16/h2-5,7,9-10,16H,6,8,11,19H2,1H3,(H,20,21). The van der Waals surface area contributed by atoms with Crippen LogP contribution in [0.25, 0.3) is 0 Å². The molecule has 2 aromatic rings. The van der Waals surface area contributed by atoms with E-state index in [0.717, 1.165) is 30.5 Å². The van der Waals surface area contributed by atoms with E-state index in [1.54, 1.807) is 12.1 Å². The number of carbonyl (C=O) groups is 1. The van der Waals surface area contributed by atoms with Crippen molar-refractivity contribution >= 4 is 11.6 Å². The average Bonchev–Trinajstić information content (AvgIpc) is 2.50. The van der Waals surface area contributed by atoms with Crippen LogP contribution in [0.3, 0.4) is 0 Å². The van der Waals surface area contributed by atoms with Gasteiger partial charge in [0.05, 0.1) is 0 Å². The molecule has 1 unspecified atom stereocenters. The summed E-state index contributed by atoms with van der Waals surface area (Å²) in [5.74, 6) is -0.0116. The van der Waals surface area contributed by atoms with E-state index in [4.69, 9.17) is 5.73 Å². The van der Waals surface area contributed by atoms with Crippen molar-refractivity contribution in [3.8, 4) is 0 Å². The highest BCUT2D eigenvalue weighted by atomic mass is 16.1. The van der Waals surface area contributed by atoms with Crippen molar-refractivity contribution in [2.24, 2.45) is 0 Å². The summed E-state index contributed by atoms with van der Waals surface area (Å²) in [4.78, 5) is 12.3. The smallest absolute Gasteiger partial charge is 0.251 e. The van der Waals surface area contributed by atoms with Crippen LogP contribution in [0, 0.1) is 6.92 Å². The number of amides is 1. The first-order chi connectivity index (χ1) is 10.1. The Hall–Kier alpha value is -2.29. The molecule has 3 heteroatoms. The summed E-state index contributed by atoms with van der Waals surface area (Å²) < 4.78 is 0. The summed E-state index contributed by atoms with van der Waals surface area (Å²) in [7, 11) is 0. The van der Waals surface area contributed by atoms with Gasteiger partial charge in [-0.25, -0.2) is 0 Å². The van der Waals surface area contributed by atoms with Crippen LogP contribution in [-0.2, 0) is 12.8 Å². The Morgan fingerprint density at radius 2 is 1.95 bits per heavy atom. The van der Waals surface area contributed by atoms with E-state index in [2.05, 4.69) is 29.6 Å². The summed E-state index contributed by atoms with van der Waals surface area (Å²) >= 11 is 0. The van der Waals surface area contributed by atoms with Crippen molar-refractivity contribution in [2.75, 3.05) is 5.73 Å². The number of fused-ring (bicyclic) bond motifs is 1. The number of benzene rings is 2. The Morgan fingerprint density at radius 3 is 2.71 bits per heavy atom. The van der Waals surface area contributed by atoms with E-state index in [1.165, 1.54) is 11.1 Å². The molecule has 1 aliphatic carbocycles. The Bertz CT molecular complexity index is 679. The lowest BCUT2D eigenvalue weighted by Crippen LogP contribution is -2.38. The Labute approximate surface area is 125 Å². The first-order valence-electron chi connectivity index (χ1n) is 7.37. The van der Waals surface area contributed by atoms with Gasteiger partial charge >= 0.3 is 0 Å². The van der Waals surface area contributed by atoms with E-state index in [9.17, 15) is 4.79 Å². The number of hydrogen-bond acceptors (Lipinski definition) is 2. The summed E-state index contributed by atoms with van der Waals surface area (Å²) in [6.07, 6.45) is 2.94. The molecule has 1 atom stereocenters. The highest BCUT2D eigenvalue weighted by Crippen LogP contribution is 2.21.